The number of aromatic nitrogens is 4. The van der Waals surface area contributed by atoms with Gasteiger partial charge in [-0.2, -0.15) is 9.47 Å². The van der Waals surface area contributed by atoms with Crippen molar-refractivity contribution in [3.63, 3.8) is 0 Å². The first-order chi connectivity index (χ1) is 22.1. The number of methoxy groups -OCH3 is 1. The summed E-state index contributed by atoms with van der Waals surface area (Å²) in [6.07, 6.45) is 8.66. The highest BCUT2D eigenvalue weighted by Gasteiger charge is 2.62. The number of fused-ring (bicyclic) bond motifs is 2. The summed E-state index contributed by atoms with van der Waals surface area (Å²) in [5.74, 6) is 3.52. The Labute approximate surface area is 268 Å². The lowest BCUT2D eigenvalue weighted by Crippen LogP contribution is -2.46. The van der Waals surface area contributed by atoms with E-state index in [0.29, 0.717) is 5.82 Å². The molecule has 4 atom stereocenters. The van der Waals surface area contributed by atoms with E-state index in [1.807, 2.05) is 72.5 Å². The molecule has 0 spiro atoms. The topological polar surface area (TPSA) is 102 Å². The van der Waals surface area contributed by atoms with Crippen molar-refractivity contribution < 1.29 is 23.6 Å². The molecule has 3 unspecified atom stereocenters. The van der Waals surface area contributed by atoms with Crippen LogP contribution in [0.1, 0.15) is 74.9 Å². The molecule has 2 aliphatic heterocycles. The van der Waals surface area contributed by atoms with Crippen LogP contribution in [0.15, 0.2) is 73.3 Å². The van der Waals surface area contributed by atoms with Crippen molar-refractivity contribution in [1.82, 2.24) is 15.0 Å². The number of rotatable bonds is 8. The van der Waals surface area contributed by atoms with Gasteiger partial charge in [0.25, 0.3) is 0 Å². The number of nitrogens with zero attached hydrogens (tertiary/aromatic N) is 6. The summed E-state index contributed by atoms with van der Waals surface area (Å²) in [7, 11) is 1.67. The third kappa shape index (κ3) is 4.29. The minimum absolute atomic E-state index is 0.0377. The van der Waals surface area contributed by atoms with Gasteiger partial charge in [-0.15, -0.1) is 0 Å². The fourth-order valence-electron chi connectivity index (χ4n) is 7.31. The van der Waals surface area contributed by atoms with Gasteiger partial charge >= 0.3 is 11.7 Å². The smallest absolute Gasteiger partial charge is 0.321 e. The molecular formula is C36H37N6O4+. The number of hydrogen-bond donors (Lipinski definition) is 0. The van der Waals surface area contributed by atoms with Crippen molar-refractivity contribution in [3.8, 4) is 11.5 Å². The Morgan fingerprint density at radius 1 is 0.783 bits per heavy atom. The predicted octanol–water partition coefficient (Wildman–Crippen LogP) is 4.56. The van der Waals surface area contributed by atoms with Crippen molar-refractivity contribution >= 4 is 23.5 Å². The molecule has 10 heteroatoms. The standard InChI is InChI=1S/C36H37N6O4/c1-35(2)29-31(39-13-12-37-29)41(33(35)43)27-18-25(27)22-9-7-11-24(17-22)46-20-40-15-14-38-30-32(40)42(34(44)36(30,3)4)28-19-26(28)21-8-6-10-23(16-21)45-5/h6-17,25-28H,18-20H2,1-5H3/q+1/t25-,26?,27?,28?/m1/s1. The molecule has 0 bridgehead atoms. The minimum atomic E-state index is -0.745. The first kappa shape index (κ1) is 28.6. The Kier molecular flexibility index (Phi) is 6.26. The van der Waals surface area contributed by atoms with Crippen LogP contribution in [0.5, 0.6) is 11.5 Å². The number of carbonyl (C=O) groups excluding carboxylic acids is 2. The van der Waals surface area contributed by atoms with Crippen LogP contribution in [0.2, 0.25) is 0 Å². The fourth-order valence-corrected chi connectivity index (χ4v) is 7.31. The van der Waals surface area contributed by atoms with Gasteiger partial charge in [0, 0.05) is 30.3 Å². The zero-order chi connectivity index (χ0) is 32.0. The van der Waals surface area contributed by atoms with Crippen LogP contribution < -0.4 is 23.8 Å². The highest BCUT2D eigenvalue weighted by molar-refractivity contribution is 6.07. The summed E-state index contributed by atoms with van der Waals surface area (Å²) in [5.41, 5.74) is 2.35. The van der Waals surface area contributed by atoms with Gasteiger partial charge in [-0.25, -0.2) is 14.8 Å². The molecule has 0 saturated heterocycles. The molecule has 2 aliphatic carbocycles. The summed E-state index contributed by atoms with van der Waals surface area (Å²) in [4.78, 5) is 44.8. The molecule has 2 amide bonds. The Morgan fingerprint density at radius 3 is 2.09 bits per heavy atom. The average molecular weight is 618 g/mol. The van der Waals surface area contributed by atoms with Crippen molar-refractivity contribution in [3.05, 3.63) is 95.8 Å². The maximum atomic E-state index is 13.9. The van der Waals surface area contributed by atoms with E-state index < -0.39 is 10.8 Å². The van der Waals surface area contributed by atoms with Gasteiger partial charge in [-0.1, -0.05) is 24.3 Å². The van der Waals surface area contributed by atoms with Crippen LogP contribution in [0.3, 0.4) is 0 Å². The van der Waals surface area contributed by atoms with E-state index in [2.05, 4.69) is 39.2 Å². The van der Waals surface area contributed by atoms with E-state index in [9.17, 15) is 9.59 Å². The number of ether oxygens (including phenoxy) is 2. The molecule has 234 valence electrons. The second-order valence-corrected chi connectivity index (χ2v) is 13.8. The average Bonchev–Trinajstić information content (AvgIpc) is 3.99. The molecule has 46 heavy (non-hydrogen) atoms. The third-order valence-electron chi connectivity index (χ3n) is 10.1. The number of hydrogen-bond acceptors (Lipinski definition) is 7. The number of amides is 2. The molecule has 2 fully saturated rings. The van der Waals surface area contributed by atoms with Crippen molar-refractivity contribution in [1.29, 1.82) is 0 Å². The normalized spacial score (nSPS) is 24.9. The SMILES string of the molecule is COc1cccc(C2CC2N2C(=O)C(C)(C)c3ncc[n+](COc4cccc([C@H]5CC5N5C(=O)C(C)(C)c6nccnc65)c4)c32)c1. The van der Waals surface area contributed by atoms with E-state index in [4.69, 9.17) is 9.47 Å². The van der Waals surface area contributed by atoms with Gasteiger partial charge in [-0.05, 0) is 75.9 Å². The Morgan fingerprint density at radius 2 is 1.37 bits per heavy atom. The third-order valence-corrected chi connectivity index (χ3v) is 10.1. The van der Waals surface area contributed by atoms with Crippen LogP contribution in [0, 0.1) is 0 Å². The Bertz CT molecular complexity index is 1910. The lowest BCUT2D eigenvalue weighted by Gasteiger charge is -2.19. The highest BCUT2D eigenvalue weighted by Crippen LogP contribution is 2.53. The van der Waals surface area contributed by atoms with Crippen molar-refractivity contribution in [2.45, 2.75) is 82.0 Å². The van der Waals surface area contributed by atoms with Gasteiger partial charge in [0.15, 0.2) is 5.82 Å². The van der Waals surface area contributed by atoms with E-state index >= 15 is 0 Å². The van der Waals surface area contributed by atoms with Crippen LogP contribution in [0.4, 0.5) is 11.6 Å². The summed E-state index contributed by atoms with van der Waals surface area (Å²) in [5, 5.41) is 0. The second kappa shape index (κ2) is 10.1. The second-order valence-electron chi connectivity index (χ2n) is 13.8. The lowest BCUT2D eigenvalue weighted by molar-refractivity contribution is -0.713. The maximum Gasteiger partial charge on any atom is 0.321 e. The first-order valence-electron chi connectivity index (χ1n) is 15.9. The summed E-state index contributed by atoms with van der Waals surface area (Å²) >= 11 is 0. The van der Waals surface area contributed by atoms with E-state index in [1.54, 1.807) is 25.7 Å². The van der Waals surface area contributed by atoms with Gasteiger partial charge in [-0.3, -0.25) is 14.7 Å². The quantitative estimate of drug-likeness (QED) is 0.267. The molecule has 2 aromatic carbocycles. The first-order valence-corrected chi connectivity index (χ1v) is 15.9. The monoisotopic (exact) mass is 617 g/mol. The zero-order valence-corrected chi connectivity index (χ0v) is 26.7. The van der Waals surface area contributed by atoms with E-state index in [1.165, 1.54) is 5.56 Å². The van der Waals surface area contributed by atoms with Crippen LogP contribution in [0.25, 0.3) is 0 Å². The Balaban J connectivity index is 1.02. The van der Waals surface area contributed by atoms with Gasteiger partial charge in [0.05, 0.1) is 24.4 Å². The molecule has 2 saturated carbocycles. The molecule has 2 aromatic heterocycles. The molecular weight excluding hydrogens is 580 g/mol. The van der Waals surface area contributed by atoms with Crippen molar-refractivity contribution in [2.24, 2.45) is 0 Å². The minimum Gasteiger partial charge on any atom is -0.497 e. The summed E-state index contributed by atoms with van der Waals surface area (Å²) < 4.78 is 13.8. The summed E-state index contributed by atoms with van der Waals surface area (Å²) in [6.45, 7) is 7.95. The summed E-state index contributed by atoms with van der Waals surface area (Å²) in [6, 6.07) is 16.3. The molecule has 0 radical (unpaired) electrons. The largest absolute Gasteiger partial charge is 0.497 e. The van der Waals surface area contributed by atoms with E-state index in [-0.39, 0.29) is 42.5 Å². The molecule has 4 aromatic rings. The molecule has 4 aliphatic rings. The number of carbonyl (C=O) groups is 2. The Hall–Kier alpha value is -4.86. The molecule has 10 nitrogen and oxygen atoms in total. The van der Waals surface area contributed by atoms with Crippen LogP contribution >= 0.6 is 0 Å². The maximum absolute atomic E-state index is 13.9. The molecule has 4 heterocycles. The van der Waals surface area contributed by atoms with E-state index in [0.717, 1.165) is 47.1 Å². The number of anilines is 2. The van der Waals surface area contributed by atoms with Crippen molar-refractivity contribution in [2.75, 3.05) is 16.9 Å². The molecule has 0 N–H and O–H groups in total. The van der Waals surface area contributed by atoms with Gasteiger partial charge in [0.2, 0.25) is 12.6 Å². The molecule has 8 rings (SSSR count). The lowest BCUT2D eigenvalue weighted by atomic mass is 9.91. The fraction of sp³-hybridized carbons (Fsp3) is 0.389. The van der Waals surface area contributed by atoms with Gasteiger partial charge < -0.3 is 9.47 Å². The van der Waals surface area contributed by atoms with Crippen LogP contribution in [-0.4, -0.2) is 46.0 Å². The highest BCUT2D eigenvalue weighted by atomic mass is 16.5. The zero-order valence-electron chi connectivity index (χ0n) is 26.7. The van der Waals surface area contributed by atoms with Crippen LogP contribution in [-0.2, 0) is 27.1 Å². The number of benzene rings is 2. The van der Waals surface area contributed by atoms with Gasteiger partial charge in [0.1, 0.15) is 34.8 Å². The predicted molar refractivity (Wildman–Crippen MR) is 170 cm³/mol.